The maximum absolute atomic E-state index is 9.74. The van der Waals surface area contributed by atoms with Crippen LogP contribution < -0.4 is 5.73 Å². The maximum atomic E-state index is 9.74. The minimum atomic E-state index is -0.112. The van der Waals surface area contributed by atoms with Gasteiger partial charge in [0.1, 0.15) is 0 Å². The lowest BCUT2D eigenvalue weighted by Crippen LogP contribution is -2.47. The first kappa shape index (κ1) is 14.3. The van der Waals surface area contributed by atoms with E-state index in [2.05, 4.69) is 18.7 Å². The summed E-state index contributed by atoms with van der Waals surface area (Å²) < 4.78 is 0. The molecule has 18 heavy (non-hydrogen) atoms. The van der Waals surface area contributed by atoms with Crippen molar-refractivity contribution >= 4 is 0 Å². The third-order valence-electron chi connectivity index (χ3n) is 5.00. The van der Waals surface area contributed by atoms with Gasteiger partial charge in [0.15, 0.2) is 0 Å². The molecule has 1 saturated heterocycles. The van der Waals surface area contributed by atoms with Crippen molar-refractivity contribution in [1.82, 2.24) is 4.90 Å². The number of hydrogen-bond acceptors (Lipinski definition) is 3. The minimum Gasteiger partial charge on any atom is -0.392 e. The number of likely N-dealkylation sites (tertiary alicyclic amines) is 1. The Morgan fingerprint density at radius 2 is 2.06 bits per heavy atom. The standard InChI is InChI=1S/C15H30N2O/c1-11(2)12-5-6-15(16)13(8-12)9-17-7-3-4-14(18)10-17/h11-15,18H,3-10,16H2,1-2H3. The fourth-order valence-electron chi connectivity index (χ4n) is 3.67. The van der Waals surface area contributed by atoms with Gasteiger partial charge in [-0.05, 0) is 56.4 Å². The summed E-state index contributed by atoms with van der Waals surface area (Å²) in [5, 5.41) is 9.74. The van der Waals surface area contributed by atoms with E-state index < -0.39 is 0 Å². The zero-order valence-electron chi connectivity index (χ0n) is 12.0. The number of rotatable bonds is 3. The van der Waals surface area contributed by atoms with Gasteiger partial charge in [-0.25, -0.2) is 0 Å². The van der Waals surface area contributed by atoms with Crippen LogP contribution in [0.4, 0.5) is 0 Å². The summed E-state index contributed by atoms with van der Waals surface area (Å²) in [7, 11) is 0. The predicted molar refractivity (Wildman–Crippen MR) is 75.3 cm³/mol. The normalized spacial score (nSPS) is 39.2. The first-order chi connectivity index (χ1) is 8.56. The lowest BCUT2D eigenvalue weighted by molar-refractivity contribution is 0.0491. The number of β-amino-alcohol motifs (C(OH)–C–C–N with tert-alkyl or cyclic N) is 1. The molecule has 1 aliphatic heterocycles. The minimum absolute atomic E-state index is 0.112. The third-order valence-corrected chi connectivity index (χ3v) is 5.00. The quantitative estimate of drug-likeness (QED) is 0.808. The molecule has 0 bridgehead atoms. The van der Waals surface area contributed by atoms with Gasteiger partial charge in [0, 0.05) is 19.1 Å². The van der Waals surface area contributed by atoms with E-state index in [0.29, 0.717) is 12.0 Å². The first-order valence-electron chi connectivity index (χ1n) is 7.72. The smallest absolute Gasteiger partial charge is 0.0667 e. The summed E-state index contributed by atoms with van der Waals surface area (Å²) in [6.07, 6.45) is 5.77. The molecule has 0 radical (unpaired) electrons. The molecule has 0 aromatic heterocycles. The monoisotopic (exact) mass is 254 g/mol. The lowest BCUT2D eigenvalue weighted by atomic mass is 9.73. The van der Waals surface area contributed by atoms with Crippen molar-refractivity contribution in [3.05, 3.63) is 0 Å². The average Bonchev–Trinajstić information content (AvgIpc) is 2.31. The fraction of sp³-hybridized carbons (Fsp3) is 1.00. The Morgan fingerprint density at radius 3 is 2.72 bits per heavy atom. The highest BCUT2D eigenvalue weighted by Crippen LogP contribution is 2.33. The first-order valence-corrected chi connectivity index (χ1v) is 7.72. The van der Waals surface area contributed by atoms with Crippen LogP contribution in [0.5, 0.6) is 0 Å². The zero-order valence-corrected chi connectivity index (χ0v) is 12.0. The van der Waals surface area contributed by atoms with Gasteiger partial charge in [-0.1, -0.05) is 13.8 Å². The summed E-state index contributed by atoms with van der Waals surface area (Å²) in [4.78, 5) is 2.43. The Morgan fingerprint density at radius 1 is 1.28 bits per heavy atom. The fourth-order valence-corrected chi connectivity index (χ4v) is 3.67. The number of aliphatic hydroxyl groups is 1. The van der Waals surface area contributed by atoms with Crippen molar-refractivity contribution in [3.8, 4) is 0 Å². The number of piperidine rings is 1. The molecule has 3 N–H and O–H groups in total. The molecule has 106 valence electrons. The second-order valence-electron chi connectivity index (χ2n) is 6.80. The van der Waals surface area contributed by atoms with Gasteiger partial charge < -0.3 is 15.7 Å². The molecule has 2 fully saturated rings. The van der Waals surface area contributed by atoms with Gasteiger partial charge in [-0.15, -0.1) is 0 Å². The van der Waals surface area contributed by atoms with Crippen LogP contribution in [0.3, 0.4) is 0 Å². The molecule has 3 heteroatoms. The molecule has 2 rings (SSSR count). The van der Waals surface area contributed by atoms with Crippen molar-refractivity contribution in [2.24, 2.45) is 23.5 Å². The van der Waals surface area contributed by atoms with Crippen LogP contribution in [0, 0.1) is 17.8 Å². The van der Waals surface area contributed by atoms with Crippen molar-refractivity contribution < 1.29 is 5.11 Å². The van der Waals surface area contributed by atoms with Crippen molar-refractivity contribution in [1.29, 1.82) is 0 Å². The Kier molecular flexibility index (Phi) is 5.05. The summed E-state index contributed by atoms with van der Waals surface area (Å²) in [6, 6.07) is 0.374. The van der Waals surface area contributed by atoms with Gasteiger partial charge in [-0.3, -0.25) is 0 Å². The van der Waals surface area contributed by atoms with Crippen LogP contribution in [-0.4, -0.2) is 41.8 Å². The van der Waals surface area contributed by atoms with E-state index in [4.69, 9.17) is 5.73 Å². The molecule has 1 saturated carbocycles. The Labute approximate surface area is 112 Å². The molecular formula is C15H30N2O. The van der Waals surface area contributed by atoms with E-state index in [9.17, 15) is 5.11 Å². The van der Waals surface area contributed by atoms with Crippen LogP contribution in [0.2, 0.25) is 0 Å². The maximum Gasteiger partial charge on any atom is 0.0667 e. The summed E-state index contributed by atoms with van der Waals surface area (Å²) in [5.41, 5.74) is 6.30. The van der Waals surface area contributed by atoms with Crippen LogP contribution in [0.25, 0.3) is 0 Å². The second kappa shape index (κ2) is 6.36. The van der Waals surface area contributed by atoms with Gasteiger partial charge >= 0.3 is 0 Å². The van der Waals surface area contributed by atoms with Crippen LogP contribution in [-0.2, 0) is 0 Å². The van der Waals surface area contributed by atoms with Crippen LogP contribution >= 0.6 is 0 Å². The van der Waals surface area contributed by atoms with Gasteiger partial charge in [0.05, 0.1) is 6.10 Å². The van der Waals surface area contributed by atoms with Crippen molar-refractivity contribution in [2.75, 3.05) is 19.6 Å². The van der Waals surface area contributed by atoms with Gasteiger partial charge in [0.2, 0.25) is 0 Å². The van der Waals surface area contributed by atoms with E-state index in [1.54, 1.807) is 0 Å². The number of hydrogen-bond donors (Lipinski definition) is 2. The van der Waals surface area contributed by atoms with E-state index in [1.807, 2.05) is 0 Å². The molecule has 1 aliphatic carbocycles. The highest BCUT2D eigenvalue weighted by Gasteiger charge is 2.31. The van der Waals surface area contributed by atoms with E-state index in [-0.39, 0.29) is 6.10 Å². The number of nitrogens with two attached hydrogens (primary N) is 1. The van der Waals surface area contributed by atoms with E-state index in [0.717, 1.165) is 44.3 Å². The molecule has 0 aromatic rings. The van der Waals surface area contributed by atoms with Crippen molar-refractivity contribution in [2.45, 2.75) is 58.1 Å². The Bertz CT molecular complexity index is 257. The van der Waals surface area contributed by atoms with E-state index in [1.165, 1.54) is 19.3 Å². The topological polar surface area (TPSA) is 49.5 Å². The third kappa shape index (κ3) is 3.69. The highest BCUT2D eigenvalue weighted by atomic mass is 16.3. The molecule has 4 atom stereocenters. The van der Waals surface area contributed by atoms with Crippen LogP contribution in [0.15, 0.2) is 0 Å². The van der Waals surface area contributed by atoms with E-state index >= 15 is 0 Å². The molecule has 2 aliphatic rings. The van der Waals surface area contributed by atoms with Gasteiger partial charge in [-0.2, -0.15) is 0 Å². The molecular weight excluding hydrogens is 224 g/mol. The average molecular weight is 254 g/mol. The number of nitrogens with zero attached hydrogens (tertiary/aromatic N) is 1. The molecule has 3 nitrogen and oxygen atoms in total. The van der Waals surface area contributed by atoms with Gasteiger partial charge in [0.25, 0.3) is 0 Å². The second-order valence-corrected chi connectivity index (χ2v) is 6.80. The molecule has 4 unspecified atom stereocenters. The summed E-state index contributed by atoms with van der Waals surface area (Å²) >= 11 is 0. The molecule has 0 aromatic carbocycles. The Hall–Kier alpha value is -0.120. The predicted octanol–water partition coefficient (Wildman–Crippen LogP) is 1.84. The summed E-state index contributed by atoms with van der Waals surface area (Å²) in [6.45, 7) is 7.77. The lowest BCUT2D eigenvalue weighted by Gasteiger charge is -2.40. The molecule has 0 spiro atoms. The van der Waals surface area contributed by atoms with Crippen LogP contribution in [0.1, 0.15) is 46.0 Å². The van der Waals surface area contributed by atoms with Crippen molar-refractivity contribution in [3.63, 3.8) is 0 Å². The zero-order chi connectivity index (χ0) is 13.1. The SMILES string of the molecule is CC(C)C1CCC(N)C(CN2CCCC(O)C2)C1. The summed E-state index contributed by atoms with van der Waals surface area (Å²) in [5.74, 6) is 2.27. The molecule has 1 heterocycles. The Balaban J connectivity index is 1.86. The number of aliphatic hydroxyl groups excluding tert-OH is 1. The highest BCUT2D eigenvalue weighted by molar-refractivity contribution is 4.86. The largest absolute Gasteiger partial charge is 0.392 e. The molecule has 0 amide bonds.